The van der Waals surface area contributed by atoms with Crippen LogP contribution in [-0.2, 0) is 4.74 Å². The molecule has 5 heteroatoms. The number of halogens is 2. The van der Waals surface area contributed by atoms with Gasteiger partial charge in [-0.3, -0.25) is 4.79 Å². The van der Waals surface area contributed by atoms with Gasteiger partial charge >= 0.3 is 0 Å². The Hall–Kier alpha value is -1.91. The minimum atomic E-state index is -0.599. The molecule has 1 heterocycles. The van der Waals surface area contributed by atoms with E-state index in [1.54, 1.807) is 4.90 Å². The summed E-state index contributed by atoms with van der Waals surface area (Å²) in [5, 5.41) is 0.130. The van der Waals surface area contributed by atoms with E-state index in [1.165, 1.54) is 18.2 Å². The highest BCUT2D eigenvalue weighted by Gasteiger charge is 2.31. The maximum atomic E-state index is 14.0. The zero-order chi connectivity index (χ0) is 16.4. The second kappa shape index (κ2) is 6.69. The third-order valence-electron chi connectivity index (χ3n) is 3.90. The summed E-state index contributed by atoms with van der Waals surface area (Å²) < 4.78 is 19.9. The van der Waals surface area contributed by atoms with Crippen LogP contribution in [0.2, 0.25) is 5.02 Å². The van der Waals surface area contributed by atoms with Crippen LogP contribution in [0.25, 0.3) is 0 Å². The van der Waals surface area contributed by atoms with E-state index in [9.17, 15) is 9.18 Å². The molecular formula is C18H17ClFNO2. The molecule has 0 aliphatic carbocycles. The molecule has 2 aromatic carbocycles. The fourth-order valence-electron chi connectivity index (χ4n) is 2.83. The highest BCUT2D eigenvalue weighted by atomic mass is 35.5. The second-order valence-corrected chi connectivity index (χ2v) is 6.06. The molecule has 0 bridgehead atoms. The Morgan fingerprint density at radius 1 is 1.17 bits per heavy atom. The topological polar surface area (TPSA) is 29.5 Å². The van der Waals surface area contributed by atoms with E-state index in [-0.39, 0.29) is 22.8 Å². The van der Waals surface area contributed by atoms with Crippen molar-refractivity contribution >= 4 is 17.5 Å². The molecule has 0 aromatic heterocycles. The predicted octanol–water partition coefficient (Wildman–Crippen LogP) is 4.08. The van der Waals surface area contributed by atoms with Gasteiger partial charge in [0.25, 0.3) is 5.91 Å². The molecule has 3 rings (SSSR count). The molecule has 2 aromatic rings. The number of morpholine rings is 1. The molecule has 120 valence electrons. The highest BCUT2D eigenvalue weighted by Crippen LogP contribution is 2.28. The van der Waals surface area contributed by atoms with Gasteiger partial charge in [0.2, 0.25) is 0 Å². The van der Waals surface area contributed by atoms with Gasteiger partial charge in [-0.05, 0) is 24.6 Å². The largest absolute Gasteiger partial charge is 0.367 e. The molecule has 2 atom stereocenters. The van der Waals surface area contributed by atoms with Gasteiger partial charge in [0.1, 0.15) is 11.9 Å². The summed E-state index contributed by atoms with van der Waals surface area (Å²) >= 11 is 6.01. The number of rotatable bonds is 2. The van der Waals surface area contributed by atoms with E-state index in [0.29, 0.717) is 13.1 Å². The van der Waals surface area contributed by atoms with Gasteiger partial charge < -0.3 is 9.64 Å². The van der Waals surface area contributed by atoms with Crippen molar-refractivity contribution in [3.8, 4) is 0 Å². The molecule has 1 amide bonds. The lowest BCUT2D eigenvalue weighted by molar-refractivity contribution is -0.0692. The quantitative estimate of drug-likeness (QED) is 0.828. The Morgan fingerprint density at radius 2 is 1.91 bits per heavy atom. The van der Waals surface area contributed by atoms with Gasteiger partial charge in [0.05, 0.1) is 23.2 Å². The van der Waals surface area contributed by atoms with E-state index in [4.69, 9.17) is 16.3 Å². The van der Waals surface area contributed by atoms with Gasteiger partial charge in [-0.15, -0.1) is 0 Å². The lowest BCUT2D eigenvalue weighted by atomic mass is 10.1. The molecule has 1 aliphatic rings. The first kappa shape index (κ1) is 16.0. The summed E-state index contributed by atoms with van der Waals surface area (Å²) in [6.45, 7) is 2.68. The van der Waals surface area contributed by atoms with Gasteiger partial charge in [-0.1, -0.05) is 48.0 Å². The smallest absolute Gasteiger partial charge is 0.258 e. The fraction of sp³-hybridized carbons (Fsp3) is 0.278. The summed E-state index contributed by atoms with van der Waals surface area (Å²) in [5.41, 5.74) is 0.923. The van der Waals surface area contributed by atoms with Crippen molar-refractivity contribution in [3.05, 3.63) is 70.5 Å². The Morgan fingerprint density at radius 3 is 2.61 bits per heavy atom. The number of carbonyl (C=O) groups is 1. The molecule has 0 N–H and O–H groups in total. The Bertz CT molecular complexity index is 687. The third-order valence-corrected chi connectivity index (χ3v) is 4.21. The summed E-state index contributed by atoms with van der Waals surface area (Å²) in [6, 6.07) is 14.0. The van der Waals surface area contributed by atoms with E-state index in [0.717, 1.165) is 5.56 Å². The number of carbonyl (C=O) groups excluding carboxylic acids is 1. The van der Waals surface area contributed by atoms with Crippen LogP contribution in [0, 0.1) is 5.82 Å². The molecule has 1 saturated heterocycles. The lowest BCUT2D eigenvalue weighted by Gasteiger charge is -2.37. The van der Waals surface area contributed by atoms with E-state index in [1.807, 2.05) is 37.3 Å². The third kappa shape index (κ3) is 3.38. The van der Waals surface area contributed by atoms with Crippen LogP contribution < -0.4 is 0 Å². The minimum absolute atomic E-state index is 0.0740. The van der Waals surface area contributed by atoms with Gasteiger partial charge in [0.15, 0.2) is 0 Å². The van der Waals surface area contributed by atoms with Crippen molar-refractivity contribution in [1.82, 2.24) is 4.90 Å². The number of amides is 1. The van der Waals surface area contributed by atoms with E-state index in [2.05, 4.69) is 0 Å². The second-order valence-electron chi connectivity index (χ2n) is 5.65. The van der Waals surface area contributed by atoms with E-state index < -0.39 is 11.7 Å². The van der Waals surface area contributed by atoms with Crippen molar-refractivity contribution in [2.45, 2.75) is 19.1 Å². The van der Waals surface area contributed by atoms with Crippen LogP contribution in [0.5, 0.6) is 0 Å². The summed E-state index contributed by atoms with van der Waals surface area (Å²) in [7, 11) is 0. The maximum absolute atomic E-state index is 14.0. The molecule has 0 radical (unpaired) electrons. The first-order valence-electron chi connectivity index (χ1n) is 7.50. The number of hydrogen-bond acceptors (Lipinski definition) is 2. The molecule has 0 saturated carbocycles. The standard InChI is InChI=1S/C18H17ClFNO2/c1-12-10-21(11-16(23-12)13-6-3-2-4-7-13)18(22)17-14(19)8-5-9-15(17)20/h2-9,12,16H,10-11H2,1H3. The lowest BCUT2D eigenvalue weighted by Crippen LogP contribution is -2.46. The molecular weight excluding hydrogens is 317 g/mol. The molecule has 0 spiro atoms. The zero-order valence-corrected chi connectivity index (χ0v) is 13.5. The van der Waals surface area contributed by atoms with Gasteiger partial charge in [-0.2, -0.15) is 0 Å². The normalized spacial score (nSPS) is 21.3. The maximum Gasteiger partial charge on any atom is 0.258 e. The monoisotopic (exact) mass is 333 g/mol. The van der Waals surface area contributed by atoms with Gasteiger partial charge in [0, 0.05) is 6.54 Å². The summed E-state index contributed by atoms with van der Waals surface area (Å²) in [6.07, 6.45) is -0.363. The summed E-state index contributed by atoms with van der Waals surface area (Å²) in [5.74, 6) is -0.998. The van der Waals surface area contributed by atoms with Crippen molar-refractivity contribution < 1.29 is 13.9 Å². The van der Waals surface area contributed by atoms with Crippen LogP contribution in [-0.4, -0.2) is 30.0 Å². The van der Waals surface area contributed by atoms with Crippen LogP contribution in [0.4, 0.5) is 4.39 Å². The number of ether oxygens (including phenoxy) is 1. The highest BCUT2D eigenvalue weighted by molar-refractivity contribution is 6.33. The molecule has 1 fully saturated rings. The minimum Gasteiger partial charge on any atom is -0.367 e. The molecule has 3 nitrogen and oxygen atoms in total. The molecule has 1 aliphatic heterocycles. The van der Waals surface area contributed by atoms with Gasteiger partial charge in [-0.25, -0.2) is 4.39 Å². The van der Waals surface area contributed by atoms with Crippen molar-refractivity contribution in [3.63, 3.8) is 0 Å². The average molecular weight is 334 g/mol. The van der Waals surface area contributed by atoms with Crippen LogP contribution in [0.15, 0.2) is 48.5 Å². The first-order valence-corrected chi connectivity index (χ1v) is 7.87. The summed E-state index contributed by atoms with van der Waals surface area (Å²) in [4.78, 5) is 14.3. The Balaban J connectivity index is 1.86. The first-order chi connectivity index (χ1) is 11.1. The zero-order valence-electron chi connectivity index (χ0n) is 12.7. The average Bonchev–Trinajstić information content (AvgIpc) is 2.55. The van der Waals surface area contributed by atoms with Crippen molar-refractivity contribution in [1.29, 1.82) is 0 Å². The SMILES string of the molecule is CC1CN(C(=O)c2c(F)cccc2Cl)CC(c2ccccc2)O1. The number of nitrogens with zero attached hydrogens (tertiary/aromatic N) is 1. The van der Waals surface area contributed by atoms with Crippen LogP contribution in [0.3, 0.4) is 0 Å². The van der Waals surface area contributed by atoms with Crippen LogP contribution in [0.1, 0.15) is 28.9 Å². The molecule has 2 unspecified atom stereocenters. The Labute approximate surface area is 139 Å². The number of benzene rings is 2. The molecule has 23 heavy (non-hydrogen) atoms. The predicted molar refractivity (Wildman–Crippen MR) is 87.0 cm³/mol. The Kier molecular flexibility index (Phi) is 4.64. The number of hydrogen-bond donors (Lipinski definition) is 0. The fourth-order valence-corrected chi connectivity index (χ4v) is 3.07. The van der Waals surface area contributed by atoms with E-state index >= 15 is 0 Å². The van der Waals surface area contributed by atoms with Crippen LogP contribution >= 0.6 is 11.6 Å². The van der Waals surface area contributed by atoms with Crippen molar-refractivity contribution in [2.24, 2.45) is 0 Å². The van der Waals surface area contributed by atoms with Crippen molar-refractivity contribution in [2.75, 3.05) is 13.1 Å².